The second-order valence-electron chi connectivity index (χ2n) is 6.11. The van der Waals surface area contributed by atoms with Gasteiger partial charge in [0.25, 0.3) is 5.91 Å². The Kier molecular flexibility index (Phi) is 5.46. The SMILES string of the molecule is CCCCNC(=O)c1ccc2c(c1)N=C(CCN)c1ccccc1N2. The van der Waals surface area contributed by atoms with Crippen LogP contribution in [0.25, 0.3) is 0 Å². The molecule has 2 aromatic carbocycles. The minimum Gasteiger partial charge on any atom is -0.353 e. The summed E-state index contributed by atoms with van der Waals surface area (Å²) in [6.07, 6.45) is 2.72. The monoisotopic (exact) mass is 336 g/mol. The third-order valence-corrected chi connectivity index (χ3v) is 4.22. The summed E-state index contributed by atoms with van der Waals surface area (Å²) >= 11 is 0. The van der Waals surface area contributed by atoms with Crippen LogP contribution in [-0.2, 0) is 0 Å². The number of nitrogens with zero attached hydrogens (tertiary/aromatic N) is 1. The van der Waals surface area contributed by atoms with Gasteiger partial charge in [-0.15, -0.1) is 0 Å². The Hall–Kier alpha value is -2.66. The third kappa shape index (κ3) is 3.88. The van der Waals surface area contributed by atoms with Crippen molar-refractivity contribution in [3.63, 3.8) is 0 Å². The fraction of sp³-hybridized carbons (Fsp3) is 0.300. The molecule has 0 fully saturated rings. The normalized spacial score (nSPS) is 12.3. The first-order valence-electron chi connectivity index (χ1n) is 8.79. The topological polar surface area (TPSA) is 79.5 Å². The number of para-hydroxylation sites is 1. The van der Waals surface area contributed by atoms with Crippen LogP contribution in [0.4, 0.5) is 17.1 Å². The van der Waals surface area contributed by atoms with Gasteiger partial charge in [-0.25, -0.2) is 0 Å². The van der Waals surface area contributed by atoms with Gasteiger partial charge in [-0.2, -0.15) is 0 Å². The minimum atomic E-state index is -0.0615. The molecule has 0 saturated carbocycles. The number of nitrogens with two attached hydrogens (primary N) is 1. The predicted octanol–water partition coefficient (Wildman–Crippen LogP) is 3.74. The Morgan fingerprint density at radius 3 is 2.84 bits per heavy atom. The first-order chi connectivity index (χ1) is 12.2. The maximum absolute atomic E-state index is 12.3. The fourth-order valence-electron chi connectivity index (χ4n) is 2.87. The predicted molar refractivity (Wildman–Crippen MR) is 103 cm³/mol. The van der Waals surface area contributed by atoms with Gasteiger partial charge in [0.2, 0.25) is 0 Å². The number of rotatable bonds is 6. The lowest BCUT2D eigenvalue weighted by Crippen LogP contribution is -2.24. The number of fused-ring (bicyclic) bond motifs is 2. The van der Waals surface area contributed by atoms with Crippen molar-refractivity contribution < 1.29 is 4.79 Å². The van der Waals surface area contributed by atoms with E-state index in [0.717, 1.165) is 41.2 Å². The lowest BCUT2D eigenvalue weighted by molar-refractivity contribution is 0.0953. The molecule has 3 rings (SSSR count). The zero-order chi connectivity index (χ0) is 17.6. The van der Waals surface area contributed by atoms with E-state index in [-0.39, 0.29) is 5.91 Å². The molecule has 4 N–H and O–H groups in total. The van der Waals surface area contributed by atoms with Crippen molar-refractivity contribution in [2.45, 2.75) is 26.2 Å². The molecule has 0 bridgehead atoms. The van der Waals surface area contributed by atoms with E-state index in [0.29, 0.717) is 25.1 Å². The van der Waals surface area contributed by atoms with Crippen molar-refractivity contribution in [2.75, 3.05) is 18.4 Å². The van der Waals surface area contributed by atoms with Gasteiger partial charge in [0.05, 0.1) is 17.1 Å². The van der Waals surface area contributed by atoms with Crippen LogP contribution in [0.2, 0.25) is 0 Å². The number of nitrogens with one attached hydrogen (secondary N) is 2. The number of amides is 1. The van der Waals surface area contributed by atoms with Crippen LogP contribution in [0.15, 0.2) is 47.5 Å². The molecule has 25 heavy (non-hydrogen) atoms. The maximum atomic E-state index is 12.3. The Balaban J connectivity index is 1.95. The Morgan fingerprint density at radius 2 is 2.04 bits per heavy atom. The highest BCUT2D eigenvalue weighted by Gasteiger charge is 2.17. The number of aliphatic imine (C=N–C) groups is 1. The molecule has 130 valence electrons. The van der Waals surface area contributed by atoms with E-state index in [1.807, 2.05) is 42.5 Å². The minimum absolute atomic E-state index is 0.0615. The average molecular weight is 336 g/mol. The summed E-state index contributed by atoms with van der Waals surface area (Å²) in [6.45, 7) is 3.32. The van der Waals surface area contributed by atoms with E-state index in [2.05, 4.69) is 17.6 Å². The van der Waals surface area contributed by atoms with Crippen LogP contribution in [0.3, 0.4) is 0 Å². The number of unbranched alkanes of at least 4 members (excludes halogenated alkanes) is 1. The van der Waals surface area contributed by atoms with E-state index >= 15 is 0 Å². The van der Waals surface area contributed by atoms with Crippen LogP contribution in [0.1, 0.15) is 42.1 Å². The zero-order valence-corrected chi connectivity index (χ0v) is 14.5. The molecule has 0 unspecified atom stereocenters. The van der Waals surface area contributed by atoms with Crippen molar-refractivity contribution >= 4 is 28.7 Å². The number of benzene rings is 2. The molecule has 1 amide bonds. The molecular weight excluding hydrogens is 312 g/mol. The number of hydrogen-bond donors (Lipinski definition) is 3. The number of hydrogen-bond acceptors (Lipinski definition) is 4. The molecule has 5 nitrogen and oxygen atoms in total. The first kappa shape index (κ1) is 17.2. The Labute approximate surface area is 148 Å². The summed E-state index contributed by atoms with van der Waals surface area (Å²) in [5, 5.41) is 6.37. The van der Waals surface area contributed by atoms with Gasteiger partial charge in [-0.05, 0) is 37.2 Å². The molecule has 0 aliphatic carbocycles. The van der Waals surface area contributed by atoms with Crippen molar-refractivity contribution in [1.29, 1.82) is 0 Å². The van der Waals surface area contributed by atoms with E-state index in [4.69, 9.17) is 10.7 Å². The highest BCUT2D eigenvalue weighted by Crippen LogP contribution is 2.35. The van der Waals surface area contributed by atoms with Gasteiger partial charge in [0, 0.05) is 29.8 Å². The van der Waals surface area contributed by atoms with Gasteiger partial charge in [0.15, 0.2) is 0 Å². The molecule has 1 aliphatic heterocycles. The summed E-state index contributed by atoms with van der Waals surface area (Å²) in [5.74, 6) is -0.0615. The number of carbonyl (C=O) groups excluding carboxylic acids is 1. The molecule has 5 heteroatoms. The Morgan fingerprint density at radius 1 is 1.20 bits per heavy atom. The molecule has 0 spiro atoms. The summed E-state index contributed by atoms with van der Waals surface area (Å²) in [6, 6.07) is 13.6. The quantitative estimate of drug-likeness (QED) is 0.703. The van der Waals surface area contributed by atoms with Crippen LogP contribution in [-0.4, -0.2) is 24.7 Å². The van der Waals surface area contributed by atoms with Crippen LogP contribution >= 0.6 is 0 Å². The van der Waals surface area contributed by atoms with Crippen LogP contribution < -0.4 is 16.4 Å². The summed E-state index contributed by atoms with van der Waals surface area (Å²) < 4.78 is 0. The molecule has 1 heterocycles. The average Bonchev–Trinajstić information content (AvgIpc) is 2.78. The Bertz CT molecular complexity index is 798. The molecule has 0 atom stereocenters. The molecule has 1 aliphatic rings. The van der Waals surface area contributed by atoms with E-state index < -0.39 is 0 Å². The molecule has 0 saturated heterocycles. The van der Waals surface area contributed by atoms with Gasteiger partial charge in [0.1, 0.15) is 0 Å². The molecular formula is C20H24N4O. The second kappa shape index (κ2) is 7.94. The summed E-state index contributed by atoms with van der Waals surface area (Å²) in [4.78, 5) is 17.1. The van der Waals surface area contributed by atoms with Crippen molar-refractivity contribution in [3.8, 4) is 0 Å². The van der Waals surface area contributed by atoms with Crippen molar-refractivity contribution in [2.24, 2.45) is 10.7 Å². The van der Waals surface area contributed by atoms with Gasteiger partial charge < -0.3 is 16.4 Å². The van der Waals surface area contributed by atoms with E-state index in [1.54, 1.807) is 0 Å². The van der Waals surface area contributed by atoms with Crippen LogP contribution in [0, 0.1) is 0 Å². The van der Waals surface area contributed by atoms with Gasteiger partial charge in [-0.1, -0.05) is 31.5 Å². The van der Waals surface area contributed by atoms with Crippen molar-refractivity contribution in [3.05, 3.63) is 53.6 Å². The standard InChI is InChI=1S/C20H24N4O/c1-2-3-12-22-20(25)14-8-9-18-19(13-14)24-17(10-11-21)15-6-4-5-7-16(15)23-18/h4-9,13,23H,2-3,10-12,21H2,1H3,(H,22,25). The number of anilines is 2. The van der Waals surface area contributed by atoms with E-state index in [9.17, 15) is 4.79 Å². The smallest absolute Gasteiger partial charge is 0.251 e. The van der Waals surface area contributed by atoms with Gasteiger partial charge in [-0.3, -0.25) is 9.79 Å². The van der Waals surface area contributed by atoms with E-state index in [1.165, 1.54) is 0 Å². The second-order valence-corrected chi connectivity index (χ2v) is 6.11. The summed E-state index contributed by atoms with van der Waals surface area (Å²) in [5.41, 5.74) is 11.1. The van der Waals surface area contributed by atoms with Crippen LogP contribution in [0.5, 0.6) is 0 Å². The molecule has 0 radical (unpaired) electrons. The highest BCUT2D eigenvalue weighted by molar-refractivity contribution is 6.09. The fourth-order valence-corrected chi connectivity index (χ4v) is 2.87. The maximum Gasteiger partial charge on any atom is 0.251 e. The van der Waals surface area contributed by atoms with Gasteiger partial charge >= 0.3 is 0 Å². The lowest BCUT2D eigenvalue weighted by Gasteiger charge is -2.10. The first-order valence-corrected chi connectivity index (χ1v) is 8.79. The third-order valence-electron chi connectivity index (χ3n) is 4.22. The lowest BCUT2D eigenvalue weighted by atomic mass is 10.1. The van der Waals surface area contributed by atoms with Crippen molar-refractivity contribution in [1.82, 2.24) is 5.32 Å². The molecule has 0 aromatic heterocycles. The number of carbonyl (C=O) groups is 1. The highest BCUT2D eigenvalue weighted by atomic mass is 16.1. The largest absolute Gasteiger partial charge is 0.353 e. The zero-order valence-electron chi connectivity index (χ0n) is 14.5. The molecule has 2 aromatic rings. The summed E-state index contributed by atoms with van der Waals surface area (Å²) in [7, 11) is 0.